The number of halogens is 1. The van der Waals surface area contributed by atoms with Gasteiger partial charge in [0.05, 0.1) is 12.3 Å². The highest BCUT2D eigenvalue weighted by molar-refractivity contribution is 7.99. The fourth-order valence-corrected chi connectivity index (χ4v) is 3.50. The lowest BCUT2D eigenvalue weighted by Gasteiger charge is -2.09. The molecule has 0 radical (unpaired) electrons. The molecule has 0 unspecified atom stereocenters. The lowest BCUT2D eigenvalue weighted by atomic mass is 10.2. The highest BCUT2D eigenvalue weighted by Crippen LogP contribution is 2.23. The summed E-state index contributed by atoms with van der Waals surface area (Å²) < 4.78 is 4.23. The fourth-order valence-electron chi connectivity index (χ4n) is 2.61. The third kappa shape index (κ3) is 3.11. The maximum atomic E-state index is 12.7. The summed E-state index contributed by atoms with van der Waals surface area (Å²) in [6.45, 7) is 0.400. The van der Waals surface area contributed by atoms with Gasteiger partial charge in [-0.25, -0.2) is 9.78 Å². The first kappa shape index (κ1) is 17.4. The third-order valence-electron chi connectivity index (χ3n) is 3.83. The van der Waals surface area contributed by atoms with E-state index >= 15 is 0 Å². The number of aromatic nitrogens is 4. The predicted octanol–water partition coefficient (Wildman–Crippen LogP) is 1.86. The number of fused-ring (bicyclic) bond motifs is 1. The van der Waals surface area contributed by atoms with Gasteiger partial charge >= 0.3 is 5.69 Å². The normalized spacial score (nSPS) is 11.0. The number of thioether (sulfide) groups is 1. The maximum absolute atomic E-state index is 12.7. The van der Waals surface area contributed by atoms with Gasteiger partial charge in [0.2, 0.25) is 0 Å². The van der Waals surface area contributed by atoms with Crippen LogP contribution in [0.2, 0.25) is 5.02 Å². The third-order valence-corrected chi connectivity index (χ3v) is 4.94. The van der Waals surface area contributed by atoms with Gasteiger partial charge in [0.15, 0.2) is 16.3 Å². The van der Waals surface area contributed by atoms with E-state index < -0.39 is 5.69 Å². The van der Waals surface area contributed by atoms with Crippen LogP contribution < -0.4 is 11.2 Å². The van der Waals surface area contributed by atoms with Gasteiger partial charge in [-0.05, 0) is 17.7 Å². The van der Waals surface area contributed by atoms with Crippen molar-refractivity contribution in [3.8, 4) is 12.3 Å². The van der Waals surface area contributed by atoms with Gasteiger partial charge in [0.25, 0.3) is 5.56 Å². The van der Waals surface area contributed by atoms with E-state index in [9.17, 15) is 9.59 Å². The van der Waals surface area contributed by atoms with Crippen LogP contribution in [0.3, 0.4) is 0 Å². The largest absolute Gasteiger partial charge is 0.332 e. The number of terminal acetylenes is 1. The second-order valence-electron chi connectivity index (χ2n) is 5.48. The highest BCUT2D eigenvalue weighted by Gasteiger charge is 2.19. The zero-order valence-electron chi connectivity index (χ0n) is 13.7. The molecule has 0 aliphatic rings. The number of imidazole rings is 1. The van der Waals surface area contributed by atoms with Crippen molar-refractivity contribution in [1.82, 2.24) is 18.7 Å². The molecule has 0 aliphatic carbocycles. The Morgan fingerprint density at radius 1 is 1.28 bits per heavy atom. The van der Waals surface area contributed by atoms with Crippen molar-refractivity contribution in [1.29, 1.82) is 0 Å². The van der Waals surface area contributed by atoms with Gasteiger partial charge < -0.3 is 4.57 Å². The van der Waals surface area contributed by atoms with Crippen molar-refractivity contribution < 1.29 is 0 Å². The van der Waals surface area contributed by atoms with Crippen molar-refractivity contribution in [3.63, 3.8) is 0 Å². The number of nitrogens with zero attached hydrogens (tertiary/aromatic N) is 4. The van der Waals surface area contributed by atoms with Crippen LogP contribution in [0, 0.1) is 12.3 Å². The van der Waals surface area contributed by atoms with Crippen LogP contribution in [0.4, 0.5) is 0 Å². The summed E-state index contributed by atoms with van der Waals surface area (Å²) >= 11 is 7.41. The highest BCUT2D eigenvalue weighted by atomic mass is 35.5. The standard InChI is InChI=1S/C17H15ClN4O2S/c1-4-8-25-16-19-14-13(15(23)21(3)17(24)20(14)2)22(16)10-11-6-5-7-12(18)9-11/h1,5-7,9H,8,10H2,2-3H3. The number of rotatable bonds is 4. The van der Waals surface area contributed by atoms with Gasteiger partial charge in [0.1, 0.15) is 0 Å². The summed E-state index contributed by atoms with van der Waals surface area (Å²) in [6, 6.07) is 7.38. The molecule has 3 aromatic rings. The van der Waals surface area contributed by atoms with Gasteiger partial charge in [-0.15, -0.1) is 6.42 Å². The summed E-state index contributed by atoms with van der Waals surface area (Å²) in [4.78, 5) is 29.3. The summed E-state index contributed by atoms with van der Waals surface area (Å²) in [5, 5.41) is 1.20. The molecule has 0 N–H and O–H groups in total. The molecule has 0 saturated heterocycles. The number of benzene rings is 1. The molecule has 0 bridgehead atoms. The summed E-state index contributed by atoms with van der Waals surface area (Å²) in [5.74, 6) is 2.96. The van der Waals surface area contributed by atoms with Crippen LogP contribution >= 0.6 is 23.4 Å². The van der Waals surface area contributed by atoms with E-state index in [4.69, 9.17) is 18.0 Å². The molecule has 25 heavy (non-hydrogen) atoms. The Kier molecular flexibility index (Phi) is 4.75. The van der Waals surface area contributed by atoms with Gasteiger partial charge in [-0.3, -0.25) is 13.9 Å². The lowest BCUT2D eigenvalue weighted by molar-refractivity contribution is 0.696. The minimum atomic E-state index is -0.418. The zero-order chi connectivity index (χ0) is 18.1. The van der Waals surface area contributed by atoms with E-state index in [0.717, 1.165) is 10.1 Å². The second kappa shape index (κ2) is 6.82. The van der Waals surface area contributed by atoms with E-state index in [1.54, 1.807) is 17.7 Å². The van der Waals surface area contributed by atoms with E-state index in [2.05, 4.69) is 10.9 Å². The maximum Gasteiger partial charge on any atom is 0.332 e. The van der Waals surface area contributed by atoms with Crippen LogP contribution in [-0.2, 0) is 20.6 Å². The Balaban J connectivity index is 2.28. The molecular weight excluding hydrogens is 360 g/mol. The Bertz CT molecular complexity index is 1120. The summed E-state index contributed by atoms with van der Waals surface area (Å²) in [6.07, 6.45) is 5.35. The SMILES string of the molecule is C#CCSc1nc2c(c(=O)n(C)c(=O)n2C)n1Cc1cccc(Cl)c1. The summed E-state index contributed by atoms with van der Waals surface area (Å²) in [5.41, 5.74) is 0.822. The topological polar surface area (TPSA) is 61.8 Å². The van der Waals surface area contributed by atoms with Crippen molar-refractivity contribution in [2.24, 2.45) is 14.1 Å². The average Bonchev–Trinajstić information content (AvgIpc) is 2.95. The second-order valence-corrected chi connectivity index (χ2v) is 6.86. The van der Waals surface area contributed by atoms with Crippen molar-refractivity contribution in [2.45, 2.75) is 11.7 Å². The van der Waals surface area contributed by atoms with Gasteiger partial charge in [-0.1, -0.05) is 41.4 Å². The van der Waals surface area contributed by atoms with E-state index in [1.807, 2.05) is 18.2 Å². The van der Waals surface area contributed by atoms with E-state index in [0.29, 0.717) is 33.6 Å². The first-order valence-electron chi connectivity index (χ1n) is 7.41. The first-order valence-corrected chi connectivity index (χ1v) is 8.77. The molecule has 0 atom stereocenters. The molecule has 0 fully saturated rings. The molecule has 6 nitrogen and oxygen atoms in total. The Hall–Kier alpha value is -2.43. The van der Waals surface area contributed by atoms with Crippen LogP contribution in [0.15, 0.2) is 39.0 Å². The fraction of sp³-hybridized carbons (Fsp3) is 0.235. The molecular formula is C17H15ClN4O2S. The molecule has 1 aromatic carbocycles. The molecule has 0 amide bonds. The first-order chi connectivity index (χ1) is 11.9. The molecule has 128 valence electrons. The molecule has 2 aromatic heterocycles. The minimum absolute atomic E-state index is 0.342. The molecule has 2 heterocycles. The van der Waals surface area contributed by atoms with Crippen molar-refractivity contribution >= 4 is 34.5 Å². The summed E-state index contributed by atoms with van der Waals surface area (Å²) in [7, 11) is 3.05. The smallest absolute Gasteiger partial charge is 0.309 e. The number of hydrogen-bond acceptors (Lipinski definition) is 4. The molecule has 0 spiro atoms. The number of hydrogen-bond donors (Lipinski definition) is 0. The lowest BCUT2D eigenvalue weighted by Crippen LogP contribution is -2.37. The van der Waals surface area contributed by atoms with E-state index in [1.165, 1.54) is 23.4 Å². The minimum Gasteiger partial charge on any atom is -0.309 e. The van der Waals surface area contributed by atoms with Gasteiger partial charge in [-0.2, -0.15) is 0 Å². The Morgan fingerprint density at radius 2 is 2.04 bits per heavy atom. The Labute approximate surface area is 153 Å². The van der Waals surface area contributed by atoms with Crippen LogP contribution in [0.5, 0.6) is 0 Å². The number of aryl methyl sites for hydroxylation is 1. The monoisotopic (exact) mass is 374 g/mol. The average molecular weight is 375 g/mol. The van der Waals surface area contributed by atoms with Crippen LogP contribution in [0.1, 0.15) is 5.56 Å². The van der Waals surface area contributed by atoms with E-state index in [-0.39, 0.29) is 5.56 Å². The predicted molar refractivity (Wildman–Crippen MR) is 100 cm³/mol. The zero-order valence-corrected chi connectivity index (χ0v) is 15.3. The molecule has 3 rings (SSSR count). The van der Waals surface area contributed by atoms with Crippen LogP contribution in [-0.4, -0.2) is 24.4 Å². The quantitative estimate of drug-likeness (QED) is 0.516. The molecule has 0 aliphatic heterocycles. The van der Waals surface area contributed by atoms with Crippen molar-refractivity contribution in [2.75, 3.05) is 5.75 Å². The Morgan fingerprint density at radius 3 is 2.72 bits per heavy atom. The van der Waals surface area contributed by atoms with Crippen LogP contribution in [0.25, 0.3) is 11.2 Å². The van der Waals surface area contributed by atoms with Crippen molar-refractivity contribution in [3.05, 3.63) is 55.7 Å². The molecule has 0 saturated carbocycles. The molecule has 8 heteroatoms. The van der Waals surface area contributed by atoms with Gasteiger partial charge in [0, 0.05) is 19.1 Å².